The zero-order valence-electron chi connectivity index (χ0n) is 21.6. The molecule has 0 atom stereocenters. The van der Waals surface area contributed by atoms with Crippen LogP contribution in [0.2, 0.25) is 0 Å². The molecule has 0 saturated carbocycles. The van der Waals surface area contributed by atoms with Crippen molar-refractivity contribution in [2.24, 2.45) is 0 Å². The molecule has 3 amide bonds. The summed E-state index contributed by atoms with van der Waals surface area (Å²) in [4.78, 5) is 33.7. The molecule has 2 aliphatic rings. The van der Waals surface area contributed by atoms with Crippen LogP contribution in [0.4, 0.5) is 4.79 Å². The van der Waals surface area contributed by atoms with Crippen molar-refractivity contribution < 1.29 is 9.59 Å². The van der Waals surface area contributed by atoms with E-state index < -0.39 is 5.41 Å². The van der Waals surface area contributed by atoms with E-state index in [1.165, 1.54) is 0 Å². The SMILES string of the molecule is CN1CCN(C(=O)C2(c3ccccc3)CCN(C(=O)NC(c3ccccc3)c3ccccc3)CC2)CC1. The summed E-state index contributed by atoms with van der Waals surface area (Å²) in [5, 5.41) is 3.27. The van der Waals surface area contributed by atoms with Gasteiger partial charge in [-0.3, -0.25) is 4.79 Å². The summed E-state index contributed by atoms with van der Waals surface area (Å²) >= 11 is 0. The molecule has 6 heteroatoms. The van der Waals surface area contributed by atoms with E-state index in [1.807, 2.05) is 88.7 Å². The maximum Gasteiger partial charge on any atom is 0.318 e. The fourth-order valence-corrected chi connectivity index (χ4v) is 5.65. The number of carbonyl (C=O) groups is 2. The quantitative estimate of drug-likeness (QED) is 0.573. The predicted molar refractivity (Wildman–Crippen MR) is 146 cm³/mol. The number of hydrogen-bond acceptors (Lipinski definition) is 3. The van der Waals surface area contributed by atoms with Crippen LogP contribution in [-0.2, 0) is 10.2 Å². The van der Waals surface area contributed by atoms with Crippen molar-refractivity contribution in [3.8, 4) is 0 Å². The van der Waals surface area contributed by atoms with E-state index in [1.54, 1.807) is 0 Å². The molecule has 2 heterocycles. The molecule has 0 aromatic heterocycles. The van der Waals surface area contributed by atoms with Crippen LogP contribution >= 0.6 is 0 Å². The number of nitrogens with zero attached hydrogens (tertiary/aromatic N) is 3. The lowest BCUT2D eigenvalue weighted by Crippen LogP contribution is -2.58. The minimum atomic E-state index is -0.591. The van der Waals surface area contributed by atoms with Gasteiger partial charge in [0.1, 0.15) is 0 Å². The van der Waals surface area contributed by atoms with Crippen molar-refractivity contribution >= 4 is 11.9 Å². The first-order valence-electron chi connectivity index (χ1n) is 13.3. The summed E-state index contributed by atoms with van der Waals surface area (Å²) in [6, 6.07) is 30.0. The molecule has 2 saturated heterocycles. The minimum absolute atomic E-state index is 0.0913. The van der Waals surface area contributed by atoms with Gasteiger partial charge in [-0.15, -0.1) is 0 Å². The standard InChI is InChI=1S/C31H36N4O2/c1-33-21-23-34(24-22-33)29(36)31(27-15-9-4-10-16-27)17-19-35(20-18-31)30(37)32-28(25-11-5-2-6-12-25)26-13-7-3-8-14-26/h2-16,28H,17-24H2,1H3,(H,32,37). The highest BCUT2D eigenvalue weighted by Crippen LogP contribution is 2.38. The molecule has 0 aliphatic carbocycles. The number of likely N-dealkylation sites (tertiary alicyclic amines) is 1. The summed E-state index contributed by atoms with van der Waals surface area (Å²) < 4.78 is 0. The van der Waals surface area contributed by atoms with Crippen LogP contribution in [-0.4, -0.2) is 73.0 Å². The van der Waals surface area contributed by atoms with Crippen molar-refractivity contribution in [3.63, 3.8) is 0 Å². The van der Waals surface area contributed by atoms with Gasteiger partial charge in [0.15, 0.2) is 0 Å². The summed E-state index contributed by atoms with van der Waals surface area (Å²) in [7, 11) is 2.10. The third kappa shape index (κ3) is 5.39. The molecule has 0 radical (unpaired) electrons. The maximum atomic E-state index is 14.0. The molecule has 1 N–H and O–H groups in total. The van der Waals surface area contributed by atoms with Crippen LogP contribution in [0.3, 0.4) is 0 Å². The van der Waals surface area contributed by atoms with Crippen molar-refractivity contribution in [1.29, 1.82) is 0 Å². The molecular weight excluding hydrogens is 460 g/mol. The Morgan fingerprint density at radius 2 is 1.16 bits per heavy atom. The van der Waals surface area contributed by atoms with Gasteiger partial charge in [-0.25, -0.2) is 4.79 Å². The fraction of sp³-hybridized carbons (Fsp3) is 0.355. The van der Waals surface area contributed by atoms with Gasteiger partial charge in [0, 0.05) is 39.3 Å². The van der Waals surface area contributed by atoms with Gasteiger partial charge in [0.2, 0.25) is 5.91 Å². The first-order valence-corrected chi connectivity index (χ1v) is 13.3. The van der Waals surface area contributed by atoms with Crippen LogP contribution in [0.25, 0.3) is 0 Å². The fourth-order valence-electron chi connectivity index (χ4n) is 5.65. The number of hydrogen-bond donors (Lipinski definition) is 1. The second kappa shape index (κ2) is 11.2. The number of urea groups is 1. The Morgan fingerprint density at radius 1 is 0.676 bits per heavy atom. The lowest BCUT2D eigenvalue weighted by Gasteiger charge is -2.45. The molecule has 0 unspecified atom stereocenters. The van der Waals surface area contributed by atoms with Crippen molar-refractivity contribution in [2.45, 2.75) is 24.3 Å². The highest BCUT2D eigenvalue weighted by atomic mass is 16.2. The average molecular weight is 497 g/mol. The number of likely N-dealkylation sites (N-methyl/N-ethyl adjacent to an activating group) is 1. The zero-order chi connectivity index (χ0) is 25.7. The number of nitrogens with one attached hydrogen (secondary N) is 1. The monoisotopic (exact) mass is 496 g/mol. The normalized spacial score (nSPS) is 18.0. The summed E-state index contributed by atoms with van der Waals surface area (Å²) in [5.41, 5.74) is 2.56. The smallest absolute Gasteiger partial charge is 0.318 e. The zero-order valence-corrected chi connectivity index (χ0v) is 21.6. The van der Waals surface area contributed by atoms with Gasteiger partial charge < -0.3 is 20.0 Å². The van der Waals surface area contributed by atoms with Crippen LogP contribution in [0.1, 0.15) is 35.6 Å². The first kappa shape index (κ1) is 25.0. The van der Waals surface area contributed by atoms with Gasteiger partial charge in [-0.05, 0) is 36.6 Å². The molecule has 192 valence electrons. The Labute approximate surface area is 219 Å². The van der Waals surface area contributed by atoms with Crippen LogP contribution in [0, 0.1) is 0 Å². The molecule has 5 rings (SSSR count). The predicted octanol–water partition coefficient (Wildman–Crippen LogP) is 4.29. The molecule has 3 aromatic rings. The topological polar surface area (TPSA) is 55.9 Å². The number of piperazine rings is 1. The van der Waals surface area contributed by atoms with E-state index in [0.717, 1.165) is 42.9 Å². The second-order valence-electron chi connectivity index (χ2n) is 10.2. The third-order valence-corrected chi connectivity index (χ3v) is 7.96. The van der Waals surface area contributed by atoms with Crippen molar-refractivity contribution in [3.05, 3.63) is 108 Å². The number of rotatable bonds is 5. The maximum absolute atomic E-state index is 14.0. The third-order valence-electron chi connectivity index (χ3n) is 7.96. The lowest BCUT2D eigenvalue weighted by molar-refractivity contribution is -0.141. The summed E-state index contributed by atoms with van der Waals surface area (Å²) in [5.74, 6) is 0.207. The number of benzene rings is 3. The highest BCUT2D eigenvalue weighted by Gasteiger charge is 2.46. The lowest BCUT2D eigenvalue weighted by atomic mass is 9.71. The molecule has 6 nitrogen and oxygen atoms in total. The Hall–Kier alpha value is -3.64. The van der Waals surface area contributed by atoms with Crippen LogP contribution in [0.15, 0.2) is 91.0 Å². The van der Waals surface area contributed by atoms with E-state index in [4.69, 9.17) is 0 Å². The van der Waals surface area contributed by atoms with Gasteiger partial charge in [-0.2, -0.15) is 0 Å². The molecule has 2 aliphatic heterocycles. The van der Waals surface area contributed by atoms with Gasteiger partial charge >= 0.3 is 6.03 Å². The Kier molecular flexibility index (Phi) is 7.56. The van der Waals surface area contributed by atoms with E-state index in [9.17, 15) is 9.59 Å². The summed E-state index contributed by atoms with van der Waals surface area (Å²) in [6.45, 7) is 4.37. The average Bonchev–Trinajstić information content (AvgIpc) is 2.97. The van der Waals surface area contributed by atoms with Gasteiger partial charge in [0.25, 0.3) is 0 Å². The molecule has 0 spiro atoms. The molecular formula is C31H36N4O2. The van der Waals surface area contributed by atoms with E-state index in [2.05, 4.69) is 29.4 Å². The van der Waals surface area contributed by atoms with Crippen LogP contribution in [0.5, 0.6) is 0 Å². The Balaban J connectivity index is 1.33. The minimum Gasteiger partial charge on any atom is -0.339 e. The van der Waals surface area contributed by atoms with Crippen molar-refractivity contribution in [1.82, 2.24) is 20.0 Å². The molecule has 2 fully saturated rings. The number of piperidine rings is 1. The Bertz CT molecular complexity index is 1130. The van der Waals surface area contributed by atoms with Gasteiger partial charge in [-0.1, -0.05) is 91.0 Å². The number of amides is 3. The van der Waals surface area contributed by atoms with Gasteiger partial charge in [0.05, 0.1) is 11.5 Å². The van der Waals surface area contributed by atoms with Crippen molar-refractivity contribution in [2.75, 3.05) is 46.3 Å². The first-order chi connectivity index (χ1) is 18.1. The Morgan fingerprint density at radius 3 is 1.68 bits per heavy atom. The second-order valence-corrected chi connectivity index (χ2v) is 10.2. The van der Waals surface area contributed by atoms with Crippen LogP contribution < -0.4 is 5.32 Å². The van der Waals surface area contributed by atoms with E-state index in [-0.39, 0.29) is 18.0 Å². The molecule has 3 aromatic carbocycles. The number of carbonyl (C=O) groups excluding carboxylic acids is 2. The molecule has 37 heavy (non-hydrogen) atoms. The molecule has 0 bridgehead atoms. The van der Waals surface area contributed by atoms with E-state index >= 15 is 0 Å². The largest absolute Gasteiger partial charge is 0.339 e. The van der Waals surface area contributed by atoms with E-state index in [0.29, 0.717) is 25.9 Å². The summed E-state index contributed by atoms with van der Waals surface area (Å²) in [6.07, 6.45) is 1.24. The highest BCUT2D eigenvalue weighted by molar-refractivity contribution is 5.89.